The van der Waals surface area contributed by atoms with Gasteiger partial charge in [-0.25, -0.2) is 0 Å². The zero-order valence-corrected chi connectivity index (χ0v) is 12.8. The van der Waals surface area contributed by atoms with Crippen molar-refractivity contribution in [2.24, 2.45) is 5.73 Å². The Labute approximate surface area is 129 Å². The van der Waals surface area contributed by atoms with Gasteiger partial charge in [0, 0.05) is 0 Å². The van der Waals surface area contributed by atoms with Gasteiger partial charge in [0.15, 0.2) is 11.5 Å². The maximum absolute atomic E-state index is 12.1. The summed E-state index contributed by atoms with van der Waals surface area (Å²) in [6.07, 6.45) is 0. The van der Waals surface area contributed by atoms with Crippen LogP contribution in [-0.4, -0.2) is 20.1 Å². The molecule has 2 rings (SSSR count). The first kappa shape index (κ1) is 15.7. The SMILES string of the molecule is COc1cccc(C(C)(Oc2ccccc2)C(N)=O)c1OC. The first-order valence-corrected chi connectivity index (χ1v) is 6.78. The number of benzene rings is 2. The van der Waals surface area contributed by atoms with Crippen LogP contribution < -0.4 is 19.9 Å². The Morgan fingerprint density at radius 2 is 1.68 bits per heavy atom. The number of carbonyl (C=O) groups is 1. The molecular formula is C17H19NO4. The smallest absolute Gasteiger partial charge is 0.266 e. The van der Waals surface area contributed by atoms with Crippen LogP contribution >= 0.6 is 0 Å². The number of hydrogen-bond donors (Lipinski definition) is 1. The molecule has 1 unspecified atom stereocenters. The van der Waals surface area contributed by atoms with E-state index in [1.165, 1.54) is 14.2 Å². The number of nitrogens with two attached hydrogens (primary N) is 1. The van der Waals surface area contributed by atoms with Gasteiger partial charge >= 0.3 is 0 Å². The molecule has 1 atom stereocenters. The maximum atomic E-state index is 12.1. The predicted molar refractivity (Wildman–Crippen MR) is 83.2 cm³/mol. The van der Waals surface area contributed by atoms with E-state index in [9.17, 15) is 4.79 Å². The monoisotopic (exact) mass is 301 g/mol. The van der Waals surface area contributed by atoms with Crippen LogP contribution in [-0.2, 0) is 10.4 Å². The molecule has 2 N–H and O–H groups in total. The summed E-state index contributed by atoms with van der Waals surface area (Å²) in [5.74, 6) is 0.836. The lowest BCUT2D eigenvalue weighted by Gasteiger charge is -2.29. The summed E-state index contributed by atoms with van der Waals surface area (Å²) in [4.78, 5) is 12.1. The Hall–Kier alpha value is -2.69. The molecule has 5 heteroatoms. The average molecular weight is 301 g/mol. The fourth-order valence-corrected chi connectivity index (χ4v) is 2.23. The minimum absolute atomic E-state index is 0.419. The second-order valence-electron chi connectivity index (χ2n) is 4.85. The Bertz CT molecular complexity index is 657. The predicted octanol–water partition coefficient (Wildman–Crippen LogP) is 2.48. The molecule has 0 aliphatic heterocycles. The van der Waals surface area contributed by atoms with E-state index >= 15 is 0 Å². The van der Waals surface area contributed by atoms with E-state index in [1.54, 1.807) is 37.3 Å². The van der Waals surface area contributed by atoms with Crippen LogP contribution in [0.4, 0.5) is 0 Å². The highest BCUT2D eigenvalue weighted by Gasteiger charge is 2.39. The molecule has 0 radical (unpaired) electrons. The van der Waals surface area contributed by atoms with Crippen LogP contribution in [0.15, 0.2) is 48.5 Å². The lowest BCUT2D eigenvalue weighted by Crippen LogP contribution is -2.43. The highest BCUT2D eigenvalue weighted by Crippen LogP contribution is 2.39. The molecule has 0 aromatic heterocycles. The second-order valence-corrected chi connectivity index (χ2v) is 4.85. The Kier molecular flexibility index (Phi) is 4.56. The maximum Gasteiger partial charge on any atom is 0.266 e. The number of primary amides is 1. The van der Waals surface area contributed by atoms with Gasteiger partial charge in [-0.3, -0.25) is 4.79 Å². The normalized spacial score (nSPS) is 13.0. The average Bonchev–Trinajstić information content (AvgIpc) is 2.54. The van der Waals surface area contributed by atoms with Crippen LogP contribution in [0.5, 0.6) is 17.2 Å². The van der Waals surface area contributed by atoms with Gasteiger partial charge in [-0.05, 0) is 25.1 Å². The first-order chi connectivity index (χ1) is 10.5. The van der Waals surface area contributed by atoms with Crippen molar-refractivity contribution < 1.29 is 19.0 Å². The molecule has 22 heavy (non-hydrogen) atoms. The van der Waals surface area contributed by atoms with E-state index in [-0.39, 0.29) is 0 Å². The van der Waals surface area contributed by atoms with E-state index in [0.717, 1.165) is 0 Å². The molecule has 5 nitrogen and oxygen atoms in total. The Balaban J connectivity index is 2.55. The molecule has 2 aromatic rings. The number of carbonyl (C=O) groups excluding carboxylic acids is 1. The standard InChI is InChI=1S/C17H19NO4/c1-17(16(18)19,22-12-8-5-4-6-9-12)13-10-7-11-14(20-2)15(13)21-3/h4-11H,1-3H3,(H2,18,19). The molecule has 0 saturated heterocycles. The van der Waals surface area contributed by atoms with Crippen molar-refractivity contribution in [1.29, 1.82) is 0 Å². The highest BCUT2D eigenvalue weighted by molar-refractivity contribution is 5.86. The Morgan fingerprint density at radius 3 is 2.23 bits per heavy atom. The molecule has 0 fully saturated rings. The van der Waals surface area contributed by atoms with Crippen LogP contribution in [0.1, 0.15) is 12.5 Å². The van der Waals surface area contributed by atoms with Gasteiger partial charge in [-0.2, -0.15) is 0 Å². The number of para-hydroxylation sites is 2. The van der Waals surface area contributed by atoms with Gasteiger partial charge in [0.2, 0.25) is 5.60 Å². The summed E-state index contributed by atoms with van der Waals surface area (Å²) < 4.78 is 16.5. The van der Waals surface area contributed by atoms with Crippen LogP contribution in [0, 0.1) is 0 Å². The summed E-state index contributed by atoms with van der Waals surface area (Å²) in [5, 5.41) is 0. The fourth-order valence-electron chi connectivity index (χ4n) is 2.23. The van der Waals surface area contributed by atoms with Crippen molar-refractivity contribution in [2.45, 2.75) is 12.5 Å². The van der Waals surface area contributed by atoms with E-state index in [2.05, 4.69) is 0 Å². The third-order valence-electron chi connectivity index (χ3n) is 3.45. The summed E-state index contributed by atoms with van der Waals surface area (Å²) in [6, 6.07) is 14.2. The minimum Gasteiger partial charge on any atom is -0.493 e. The molecule has 0 aliphatic rings. The summed E-state index contributed by atoms with van der Waals surface area (Å²) >= 11 is 0. The molecule has 0 heterocycles. The first-order valence-electron chi connectivity index (χ1n) is 6.78. The van der Waals surface area contributed by atoms with Crippen molar-refractivity contribution in [3.8, 4) is 17.2 Å². The fraction of sp³-hybridized carbons (Fsp3) is 0.235. The Morgan fingerprint density at radius 1 is 1.00 bits per heavy atom. The van der Waals surface area contributed by atoms with Crippen LogP contribution in [0.2, 0.25) is 0 Å². The van der Waals surface area contributed by atoms with Crippen molar-refractivity contribution in [2.75, 3.05) is 14.2 Å². The molecule has 116 valence electrons. The number of methoxy groups -OCH3 is 2. The van der Waals surface area contributed by atoms with Crippen molar-refractivity contribution in [3.63, 3.8) is 0 Å². The van der Waals surface area contributed by atoms with E-state index in [4.69, 9.17) is 19.9 Å². The summed E-state index contributed by atoms with van der Waals surface area (Å²) in [6.45, 7) is 1.61. The highest BCUT2D eigenvalue weighted by atomic mass is 16.5. The molecule has 0 saturated carbocycles. The van der Waals surface area contributed by atoms with E-state index in [0.29, 0.717) is 22.8 Å². The number of rotatable bonds is 6. The van der Waals surface area contributed by atoms with E-state index < -0.39 is 11.5 Å². The minimum atomic E-state index is -1.39. The third-order valence-corrected chi connectivity index (χ3v) is 3.45. The molecule has 0 spiro atoms. The number of hydrogen-bond acceptors (Lipinski definition) is 4. The number of ether oxygens (including phenoxy) is 3. The molecule has 1 amide bonds. The van der Waals surface area contributed by atoms with E-state index in [1.807, 2.05) is 18.2 Å². The lowest BCUT2D eigenvalue weighted by molar-refractivity contribution is -0.133. The zero-order chi connectivity index (χ0) is 16.2. The van der Waals surface area contributed by atoms with Crippen LogP contribution in [0.3, 0.4) is 0 Å². The van der Waals surface area contributed by atoms with Crippen molar-refractivity contribution in [3.05, 3.63) is 54.1 Å². The summed E-state index contributed by atoms with van der Waals surface area (Å²) in [5.41, 5.74) is 4.72. The second kappa shape index (κ2) is 6.39. The van der Waals surface area contributed by atoms with Gasteiger partial charge in [-0.15, -0.1) is 0 Å². The molecular weight excluding hydrogens is 282 g/mol. The van der Waals surface area contributed by atoms with Crippen molar-refractivity contribution >= 4 is 5.91 Å². The van der Waals surface area contributed by atoms with Gasteiger partial charge in [0.25, 0.3) is 5.91 Å². The third kappa shape index (κ3) is 2.83. The molecule has 2 aromatic carbocycles. The van der Waals surface area contributed by atoms with Gasteiger partial charge in [0.05, 0.1) is 19.8 Å². The van der Waals surface area contributed by atoms with Gasteiger partial charge in [-0.1, -0.05) is 30.3 Å². The quantitative estimate of drug-likeness (QED) is 0.890. The van der Waals surface area contributed by atoms with Gasteiger partial charge in [0.1, 0.15) is 5.75 Å². The molecule has 0 bridgehead atoms. The zero-order valence-electron chi connectivity index (χ0n) is 12.8. The van der Waals surface area contributed by atoms with Gasteiger partial charge < -0.3 is 19.9 Å². The topological polar surface area (TPSA) is 70.8 Å². The largest absolute Gasteiger partial charge is 0.493 e. The number of amides is 1. The van der Waals surface area contributed by atoms with Crippen molar-refractivity contribution in [1.82, 2.24) is 0 Å². The lowest BCUT2D eigenvalue weighted by atomic mass is 9.93. The summed E-state index contributed by atoms with van der Waals surface area (Å²) in [7, 11) is 3.03. The molecule has 0 aliphatic carbocycles. The van der Waals surface area contributed by atoms with Crippen LogP contribution in [0.25, 0.3) is 0 Å².